The molecule has 28 heavy (non-hydrogen) atoms. The van der Waals surface area contributed by atoms with Crippen LogP contribution in [0.15, 0.2) is 62.6 Å². The molecule has 0 unspecified atom stereocenters. The summed E-state index contributed by atoms with van der Waals surface area (Å²) in [6.45, 7) is 0. The number of anilines is 1. The number of para-hydroxylation sites is 1. The molecule has 0 saturated heterocycles. The topological polar surface area (TPSA) is 106 Å². The van der Waals surface area contributed by atoms with E-state index in [0.29, 0.717) is 16.8 Å². The van der Waals surface area contributed by atoms with Crippen molar-refractivity contribution in [2.24, 2.45) is 0 Å². The summed E-state index contributed by atoms with van der Waals surface area (Å²) in [6.07, 6.45) is 0. The molecule has 1 N–H and O–H groups in total. The lowest BCUT2D eigenvalue weighted by Crippen LogP contribution is -2.22. The molecule has 1 amide bonds. The maximum absolute atomic E-state index is 12.5. The third-order valence-electron chi connectivity index (χ3n) is 4.08. The lowest BCUT2D eigenvalue weighted by Gasteiger charge is -2.12. The summed E-state index contributed by atoms with van der Waals surface area (Å²) in [5, 5.41) is 3.10. The van der Waals surface area contributed by atoms with Crippen LogP contribution in [0.5, 0.6) is 5.75 Å². The van der Waals surface area contributed by atoms with E-state index < -0.39 is 21.6 Å². The molecule has 2 aromatic carbocycles. The van der Waals surface area contributed by atoms with Gasteiger partial charge in [0.25, 0.3) is 5.91 Å². The fourth-order valence-corrected chi connectivity index (χ4v) is 3.46. The van der Waals surface area contributed by atoms with Gasteiger partial charge in [0.2, 0.25) is 10.0 Å². The van der Waals surface area contributed by atoms with Crippen molar-refractivity contribution in [3.8, 4) is 5.75 Å². The largest absolute Gasteiger partial charge is 0.493 e. The van der Waals surface area contributed by atoms with Crippen LogP contribution in [0, 0.1) is 0 Å². The highest BCUT2D eigenvalue weighted by atomic mass is 32.2. The molecule has 0 aliphatic carbocycles. The molecular formula is C19H18N2O6S. The van der Waals surface area contributed by atoms with Gasteiger partial charge in [-0.05, 0) is 36.4 Å². The molecule has 0 aliphatic rings. The molecule has 0 fully saturated rings. The van der Waals surface area contributed by atoms with Crippen molar-refractivity contribution < 1.29 is 22.4 Å². The van der Waals surface area contributed by atoms with Gasteiger partial charge in [-0.2, -0.15) is 0 Å². The number of hydrogen-bond donors (Lipinski definition) is 1. The first kappa shape index (κ1) is 19.6. The van der Waals surface area contributed by atoms with Gasteiger partial charge in [-0.15, -0.1) is 0 Å². The number of fused-ring (bicyclic) bond motifs is 1. The van der Waals surface area contributed by atoms with Crippen molar-refractivity contribution in [1.29, 1.82) is 0 Å². The molecule has 3 rings (SSSR count). The Kier molecular flexibility index (Phi) is 5.21. The maximum atomic E-state index is 12.5. The van der Waals surface area contributed by atoms with Crippen LogP contribution in [-0.2, 0) is 10.0 Å². The molecule has 0 atom stereocenters. The van der Waals surface area contributed by atoms with Crippen molar-refractivity contribution in [1.82, 2.24) is 4.31 Å². The molecule has 0 saturated carbocycles. The smallest absolute Gasteiger partial charge is 0.349 e. The minimum atomic E-state index is -3.57. The van der Waals surface area contributed by atoms with Crippen molar-refractivity contribution >= 4 is 32.6 Å². The van der Waals surface area contributed by atoms with Gasteiger partial charge in [-0.1, -0.05) is 12.1 Å². The van der Waals surface area contributed by atoms with Gasteiger partial charge in [-0.3, -0.25) is 4.79 Å². The molecule has 0 bridgehead atoms. The van der Waals surface area contributed by atoms with E-state index in [9.17, 15) is 18.0 Å². The summed E-state index contributed by atoms with van der Waals surface area (Å²) in [5.41, 5.74) is -0.385. The molecule has 9 heteroatoms. The Hall–Kier alpha value is -3.17. The SMILES string of the molecule is COc1cccc2cc(C(=O)Nc3ccc(S(=O)(=O)N(C)C)cc3)c(=O)oc12. The first-order valence-corrected chi connectivity index (χ1v) is 9.63. The molecular weight excluding hydrogens is 384 g/mol. The Morgan fingerprint density at radius 1 is 1.11 bits per heavy atom. The van der Waals surface area contributed by atoms with Gasteiger partial charge in [0.1, 0.15) is 5.56 Å². The average molecular weight is 402 g/mol. The number of methoxy groups -OCH3 is 1. The van der Waals surface area contributed by atoms with Gasteiger partial charge in [0.15, 0.2) is 11.3 Å². The summed E-state index contributed by atoms with van der Waals surface area (Å²) < 4.78 is 35.6. The number of sulfonamides is 1. The third kappa shape index (κ3) is 3.62. The first-order valence-electron chi connectivity index (χ1n) is 8.19. The number of amides is 1. The van der Waals surface area contributed by atoms with Crippen LogP contribution in [0.1, 0.15) is 10.4 Å². The van der Waals surface area contributed by atoms with Gasteiger partial charge in [-0.25, -0.2) is 17.5 Å². The quantitative estimate of drug-likeness (QED) is 0.657. The summed E-state index contributed by atoms with van der Waals surface area (Å²) in [4.78, 5) is 24.8. The van der Waals surface area contributed by atoms with Gasteiger partial charge in [0, 0.05) is 25.2 Å². The van der Waals surface area contributed by atoms with Crippen LogP contribution in [-0.4, -0.2) is 39.8 Å². The minimum Gasteiger partial charge on any atom is -0.493 e. The van der Waals surface area contributed by atoms with Crippen molar-refractivity contribution in [2.75, 3.05) is 26.5 Å². The zero-order valence-electron chi connectivity index (χ0n) is 15.4. The molecule has 146 valence electrons. The summed E-state index contributed by atoms with van der Waals surface area (Å²) in [7, 11) is 0.745. The van der Waals surface area contributed by atoms with E-state index in [1.165, 1.54) is 51.5 Å². The normalized spacial score (nSPS) is 11.6. The number of nitrogens with one attached hydrogen (secondary N) is 1. The first-order chi connectivity index (χ1) is 13.2. The number of rotatable bonds is 5. The van der Waals surface area contributed by atoms with E-state index in [-0.39, 0.29) is 16.0 Å². The maximum Gasteiger partial charge on any atom is 0.349 e. The highest BCUT2D eigenvalue weighted by molar-refractivity contribution is 7.89. The van der Waals surface area contributed by atoms with Gasteiger partial charge >= 0.3 is 5.63 Å². The van der Waals surface area contributed by atoms with E-state index >= 15 is 0 Å². The van der Waals surface area contributed by atoms with E-state index in [1.54, 1.807) is 18.2 Å². The van der Waals surface area contributed by atoms with Crippen LogP contribution >= 0.6 is 0 Å². The van der Waals surface area contributed by atoms with Crippen LogP contribution in [0.3, 0.4) is 0 Å². The number of carbonyl (C=O) groups is 1. The minimum absolute atomic E-state index is 0.0906. The Balaban J connectivity index is 1.89. The highest BCUT2D eigenvalue weighted by Crippen LogP contribution is 2.24. The fourth-order valence-electron chi connectivity index (χ4n) is 2.56. The zero-order chi connectivity index (χ0) is 20.5. The van der Waals surface area contributed by atoms with E-state index in [1.807, 2.05) is 0 Å². The number of ether oxygens (including phenoxy) is 1. The second-order valence-corrected chi connectivity index (χ2v) is 8.24. The lowest BCUT2D eigenvalue weighted by atomic mass is 10.1. The van der Waals surface area contributed by atoms with Gasteiger partial charge in [0.05, 0.1) is 12.0 Å². The predicted octanol–water partition coefficient (Wildman–Crippen LogP) is 2.30. The molecule has 8 nitrogen and oxygen atoms in total. The Bertz CT molecular complexity index is 1200. The second-order valence-electron chi connectivity index (χ2n) is 6.09. The third-order valence-corrected chi connectivity index (χ3v) is 5.91. The number of nitrogens with zero attached hydrogens (tertiary/aromatic N) is 1. The fraction of sp³-hybridized carbons (Fsp3) is 0.158. The average Bonchev–Trinajstić information content (AvgIpc) is 2.67. The summed E-state index contributed by atoms with van der Waals surface area (Å²) in [6, 6.07) is 12.1. The number of carbonyl (C=O) groups excluding carboxylic acids is 1. The van der Waals surface area contributed by atoms with Crippen molar-refractivity contribution in [2.45, 2.75) is 4.90 Å². The predicted molar refractivity (Wildman–Crippen MR) is 104 cm³/mol. The monoisotopic (exact) mass is 402 g/mol. The Labute approximate surface area is 161 Å². The Morgan fingerprint density at radius 3 is 2.39 bits per heavy atom. The van der Waals surface area contributed by atoms with Crippen LogP contribution in [0.2, 0.25) is 0 Å². The second kappa shape index (κ2) is 7.45. The summed E-state index contributed by atoms with van der Waals surface area (Å²) >= 11 is 0. The lowest BCUT2D eigenvalue weighted by molar-refractivity contribution is 0.102. The molecule has 3 aromatic rings. The van der Waals surface area contributed by atoms with Gasteiger partial charge < -0.3 is 14.5 Å². The molecule has 0 aliphatic heterocycles. The molecule has 1 heterocycles. The van der Waals surface area contributed by atoms with E-state index in [4.69, 9.17) is 9.15 Å². The number of benzene rings is 2. The van der Waals surface area contributed by atoms with Crippen molar-refractivity contribution in [3.63, 3.8) is 0 Å². The van der Waals surface area contributed by atoms with E-state index in [0.717, 1.165) is 4.31 Å². The number of hydrogen-bond acceptors (Lipinski definition) is 6. The summed E-state index contributed by atoms with van der Waals surface area (Å²) in [5.74, 6) is -0.277. The molecule has 1 aromatic heterocycles. The van der Waals surface area contributed by atoms with Crippen molar-refractivity contribution in [3.05, 3.63) is 64.5 Å². The van der Waals surface area contributed by atoms with Crippen LogP contribution in [0.4, 0.5) is 5.69 Å². The van der Waals surface area contributed by atoms with Crippen LogP contribution in [0.25, 0.3) is 11.0 Å². The Morgan fingerprint density at radius 2 is 1.79 bits per heavy atom. The van der Waals surface area contributed by atoms with Crippen LogP contribution < -0.4 is 15.7 Å². The molecule has 0 radical (unpaired) electrons. The van der Waals surface area contributed by atoms with E-state index in [2.05, 4.69) is 5.32 Å². The highest BCUT2D eigenvalue weighted by Gasteiger charge is 2.18. The standard InChI is InChI=1S/C19H18N2O6S/c1-21(2)28(24,25)14-9-7-13(8-10-14)20-18(22)15-11-12-5-4-6-16(26-3)17(12)27-19(15)23/h4-11H,1-3H3,(H,20,22). The molecule has 0 spiro atoms. The zero-order valence-corrected chi connectivity index (χ0v) is 16.2.